The Balaban J connectivity index is 1.43. The molecule has 2 aromatic rings. The monoisotopic (exact) mass is 424 g/mol. The highest BCUT2D eigenvalue weighted by Crippen LogP contribution is 2.36. The van der Waals surface area contributed by atoms with Crippen molar-refractivity contribution in [1.29, 1.82) is 0 Å². The van der Waals surface area contributed by atoms with E-state index in [9.17, 15) is 9.59 Å². The number of likely N-dealkylation sites (tertiary alicyclic amines) is 2. The minimum absolute atomic E-state index is 0.134. The number of hydrogen-bond donors (Lipinski definition) is 0. The van der Waals surface area contributed by atoms with Crippen molar-refractivity contribution in [2.75, 3.05) is 32.8 Å². The highest BCUT2D eigenvalue weighted by molar-refractivity contribution is 5.76. The van der Waals surface area contributed by atoms with Gasteiger partial charge in [-0.3, -0.25) is 9.59 Å². The summed E-state index contributed by atoms with van der Waals surface area (Å²) in [6, 6.07) is 9.87. The van der Waals surface area contributed by atoms with Gasteiger partial charge in [-0.15, -0.1) is 0 Å². The van der Waals surface area contributed by atoms with E-state index in [1.54, 1.807) is 13.1 Å². The van der Waals surface area contributed by atoms with Crippen molar-refractivity contribution in [1.82, 2.24) is 19.4 Å². The van der Waals surface area contributed by atoms with Gasteiger partial charge in [0.2, 0.25) is 11.8 Å². The topological polar surface area (TPSA) is 67.7 Å². The smallest absolute Gasteiger partial charge is 0.242 e. The molecule has 7 heteroatoms. The Labute approximate surface area is 184 Å². The molecular formula is C24H32N4O3. The molecule has 0 saturated carbocycles. The van der Waals surface area contributed by atoms with Crippen LogP contribution < -0.4 is 4.74 Å². The van der Waals surface area contributed by atoms with Gasteiger partial charge in [0.25, 0.3) is 0 Å². The maximum Gasteiger partial charge on any atom is 0.242 e. The molecule has 0 radical (unpaired) electrons. The summed E-state index contributed by atoms with van der Waals surface area (Å²) >= 11 is 0. The molecule has 7 nitrogen and oxygen atoms in total. The molecule has 2 atom stereocenters. The van der Waals surface area contributed by atoms with E-state index in [0.717, 1.165) is 50.6 Å². The van der Waals surface area contributed by atoms with E-state index in [0.29, 0.717) is 30.9 Å². The highest BCUT2D eigenvalue weighted by atomic mass is 16.5. The summed E-state index contributed by atoms with van der Waals surface area (Å²) in [4.78, 5) is 32.9. The second-order valence-electron chi connectivity index (χ2n) is 8.79. The Morgan fingerprint density at radius 3 is 2.48 bits per heavy atom. The van der Waals surface area contributed by atoms with Crippen molar-refractivity contribution >= 4 is 11.8 Å². The number of carbonyl (C=O) groups excluding carboxylic acids is 2. The first-order valence-corrected chi connectivity index (χ1v) is 11.2. The fourth-order valence-electron chi connectivity index (χ4n) is 4.99. The number of aryl methyl sites for hydroxylation is 1. The zero-order valence-corrected chi connectivity index (χ0v) is 18.4. The van der Waals surface area contributed by atoms with Gasteiger partial charge in [-0.05, 0) is 43.7 Å². The summed E-state index contributed by atoms with van der Waals surface area (Å²) in [5.74, 6) is 3.20. The highest BCUT2D eigenvalue weighted by Gasteiger charge is 2.41. The Morgan fingerprint density at radius 1 is 1.10 bits per heavy atom. The molecule has 2 aliphatic rings. The lowest BCUT2D eigenvalue weighted by Crippen LogP contribution is -2.41. The molecule has 2 fully saturated rings. The van der Waals surface area contributed by atoms with Gasteiger partial charge in [-0.2, -0.15) is 0 Å². The summed E-state index contributed by atoms with van der Waals surface area (Å²) in [5.41, 5.74) is 0. The van der Waals surface area contributed by atoms with Crippen molar-refractivity contribution in [3.8, 4) is 5.75 Å². The number of imidazole rings is 1. The van der Waals surface area contributed by atoms with Gasteiger partial charge in [-0.25, -0.2) is 4.98 Å². The quantitative estimate of drug-likeness (QED) is 0.715. The summed E-state index contributed by atoms with van der Waals surface area (Å²) in [7, 11) is 0. The van der Waals surface area contributed by atoms with Crippen molar-refractivity contribution in [3.05, 3.63) is 48.5 Å². The van der Waals surface area contributed by atoms with Gasteiger partial charge in [-0.1, -0.05) is 18.2 Å². The predicted molar refractivity (Wildman–Crippen MR) is 117 cm³/mol. The molecular weight excluding hydrogens is 392 g/mol. The summed E-state index contributed by atoms with van der Waals surface area (Å²) < 4.78 is 8.00. The molecule has 2 aliphatic heterocycles. The molecule has 166 valence electrons. The molecule has 0 N–H and O–H groups in total. The van der Waals surface area contributed by atoms with Gasteiger partial charge in [0.05, 0.1) is 6.61 Å². The number of para-hydroxylation sites is 1. The molecule has 0 spiro atoms. The molecule has 31 heavy (non-hydrogen) atoms. The first-order valence-electron chi connectivity index (χ1n) is 11.2. The Bertz CT molecular complexity index is 889. The van der Waals surface area contributed by atoms with E-state index in [1.807, 2.05) is 57.8 Å². The van der Waals surface area contributed by atoms with Crippen LogP contribution in [0.1, 0.15) is 25.6 Å². The maximum absolute atomic E-state index is 13.0. The number of carbonyl (C=O) groups is 2. The van der Waals surface area contributed by atoms with Crippen molar-refractivity contribution in [2.45, 2.75) is 33.2 Å². The van der Waals surface area contributed by atoms with Crippen molar-refractivity contribution < 1.29 is 14.3 Å². The predicted octanol–water partition coefficient (Wildman–Crippen LogP) is 2.60. The van der Waals surface area contributed by atoms with E-state index in [4.69, 9.17) is 4.74 Å². The fourth-order valence-corrected chi connectivity index (χ4v) is 4.99. The van der Waals surface area contributed by atoms with Crippen molar-refractivity contribution in [2.24, 2.45) is 17.8 Å². The third kappa shape index (κ3) is 5.09. The van der Waals surface area contributed by atoms with E-state index in [1.165, 1.54) is 0 Å². The van der Waals surface area contributed by atoms with Gasteiger partial charge in [0, 0.05) is 51.4 Å². The second-order valence-corrected chi connectivity index (χ2v) is 8.79. The second kappa shape index (κ2) is 9.54. The van der Waals surface area contributed by atoms with Crippen LogP contribution in [0.25, 0.3) is 0 Å². The van der Waals surface area contributed by atoms with Crippen LogP contribution in [0.5, 0.6) is 5.75 Å². The number of ether oxygens (including phenoxy) is 1. The zero-order valence-electron chi connectivity index (χ0n) is 18.4. The fraction of sp³-hybridized carbons (Fsp3) is 0.542. The molecule has 2 saturated heterocycles. The van der Waals surface area contributed by atoms with E-state index >= 15 is 0 Å². The zero-order chi connectivity index (χ0) is 21.8. The van der Waals surface area contributed by atoms with Crippen LogP contribution in [-0.2, 0) is 16.1 Å². The third-order valence-corrected chi connectivity index (χ3v) is 6.87. The number of aromatic nitrogens is 2. The number of amides is 2. The first kappa shape index (κ1) is 21.4. The van der Waals surface area contributed by atoms with Crippen LogP contribution in [0, 0.1) is 24.7 Å². The van der Waals surface area contributed by atoms with Crippen LogP contribution in [0.15, 0.2) is 42.7 Å². The maximum atomic E-state index is 13.0. The number of rotatable bonds is 6. The van der Waals surface area contributed by atoms with Gasteiger partial charge < -0.3 is 19.1 Å². The lowest BCUT2D eigenvalue weighted by molar-refractivity contribution is -0.131. The minimum atomic E-state index is 0.134. The molecule has 0 aliphatic carbocycles. The largest absolute Gasteiger partial charge is 0.493 e. The van der Waals surface area contributed by atoms with Gasteiger partial charge in [0.1, 0.15) is 18.1 Å². The molecule has 3 heterocycles. The average molecular weight is 425 g/mol. The van der Waals surface area contributed by atoms with Crippen LogP contribution in [0.4, 0.5) is 0 Å². The Hall–Kier alpha value is -2.83. The molecule has 0 bridgehead atoms. The summed E-state index contributed by atoms with van der Waals surface area (Å²) in [6.07, 6.45) is 5.58. The van der Waals surface area contributed by atoms with E-state index in [2.05, 4.69) is 4.98 Å². The average Bonchev–Trinajstić information content (AvgIpc) is 3.39. The molecule has 4 rings (SSSR count). The van der Waals surface area contributed by atoms with Crippen LogP contribution in [-0.4, -0.2) is 64.0 Å². The number of nitrogens with zero attached hydrogens (tertiary/aromatic N) is 4. The third-order valence-electron chi connectivity index (χ3n) is 6.87. The summed E-state index contributed by atoms with van der Waals surface area (Å²) in [5, 5.41) is 0. The van der Waals surface area contributed by atoms with E-state index in [-0.39, 0.29) is 11.8 Å². The Morgan fingerprint density at radius 2 is 1.84 bits per heavy atom. The lowest BCUT2D eigenvalue weighted by atomic mass is 9.78. The van der Waals surface area contributed by atoms with Crippen LogP contribution in [0.2, 0.25) is 0 Å². The first-order chi connectivity index (χ1) is 15.0. The van der Waals surface area contributed by atoms with Crippen LogP contribution >= 0.6 is 0 Å². The lowest BCUT2D eigenvalue weighted by Gasteiger charge is -2.36. The van der Waals surface area contributed by atoms with Gasteiger partial charge >= 0.3 is 0 Å². The minimum Gasteiger partial charge on any atom is -0.493 e. The number of benzene rings is 1. The number of piperidine rings is 1. The number of hydrogen-bond acceptors (Lipinski definition) is 4. The summed E-state index contributed by atoms with van der Waals surface area (Å²) in [6.45, 7) is 7.60. The van der Waals surface area contributed by atoms with Crippen molar-refractivity contribution in [3.63, 3.8) is 0 Å². The standard InChI is InChI=1S/C24H32N4O3/c1-18-25-10-13-27(18)16-24(30)28-14-21(17-31-22-6-4-3-5-7-22)23(15-28)20-8-11-26(12-9-20)19(2)29/h3-7,10,13,20-21,23H,8-9,11-12,14-17H2,1-2H3. The normalized spacial score (nSPS) is 22.0. The van der Waals surface area contributed by atoms with Crippen LogP contribution in [0.3, 0.4) is 0 Å². The molecule has 2 unspecified atom stereocenters. The van der Waals surface area contributed by atoms with Gasteiger partial charge in [0.15, 0.2) is 0 Å². The SMILES string of the molecule is CC(=O)N1CCC(C2CN(C(=O)Cn3ccnc3C)CC2COc2ccccc2)CC1. The molecule has 2 amide bonds. The van der Waals surface area contributed by atoms with E-state index < -0.39 is 0 Å². The molecule has 1 aromatic heterocycles. The molecule has 1 aromatic carbocycles. The Kier molecular flexibility index (Phi) is 6.59.